The molecular formula is C22H22ClFN2O2. The van der Waals surface area contributed by atoms with E-state index >= 15 is 0 Å². The van der Waals surface area contributed by atoms with Gasteiger partial charge in [-0.3, -0.25) is 0 Å². The third kappa shape index (κ3) is 6.22. The number of ether oxygens (including phenoxy) is 2. The first kappa shape index (κ1) is 20.1. The highest BCUT2D eigenvalue weighted by Crippen LogP contribution is 2.24. The SMILES string of the molecule is Fc1ccccc1COc1ccc(Cl)cc1CNCCCOc1ccccn1. The fraction of sp³-hybridized carbons (Fsp3) is 0.227. The molecule has 0 aliphatic carbocycles. The van der Waals surface area contributed by atoms with Crippen LogP contribution in [0, 0.1) is 5.82 Å². The van der Waals surface area contributed by atoms with Gasteiger partial charge in [0.15, 0.2) is 0 Å². The predicted octanol–water partition coefficient (Wildman–Crippen LogP) is 5.01. The molecule has 0 radical (unpaired) electrons. The van der Waals surface area contributed by atoms with Crippen LogP contribution in [0.25, 0.3) is 0 Å². The Morgan fingerprint density at radius 1 is 0.964 bits per heavy atom. The summed E-state index contributed by atoms with van der Waals surface area (Å²) in [6.07, 6.45) is 2.54. The zero-order valence-corrected chi connectivity index (χ0v) is 16.2. The summed E-state index contributed by atoms with van der Waals surface area (Å²) in [6.45, 7) is 2.11. The van der Waals surface area contributed by atoms with Gasteiger partial charge in [0.1, 0.15) is 18.2 Å². The van der Waals surface area contributed by atoms with Gasteiger partial charge in [-0.2, -0.15) is 0 Å². The van der Waals surface area contributed by atoms with Crippen LogP contribution in [0.4, 0.5) is 4.39 Å². The van der Waals surface area contributed by atoms with Gasteiger partial charge < -0.3 is 14.8 Å². The van der Waals surface area contributed by atoms with E-state index in [9.17, 15) is 4.39 Å². The van der Waals surface area contributed by atoms with Crippen molar-refractivity contribution in [1.82, 2.24) is 10.3 Å². The molecular weight excluding hydrogens is 379 g/mol. The van der Waals surface area contributed by atoms with E-state index in [0.717, 1.165) is 18.5 Å². The molecule has 146 valence electrons. The summed E-state index contributed by atoms with van der Waals surface area (Å²) in [5, 5.41) is 3.98. The fourth-order valence-corrected chi connectivity index (χ4v) is 2.82. The lowest BCUT2D eigenvalue weighted by Crippen LogP contribution is -2.17. The summed E-state index contributed by atoms with van der Waals surface area (Å²) in [5.41, 5.74) is 1.44. The number of aromatic nitrogens is 1. The van der Waals surface area contributed by atoms with Gasteiger partial charge in [-0.25, -0.2) is 9.37 Å². The van der Waals surface area contributed by atoms with E-state index in [0.29, 0.717) is 35.4 Å². The fourth-order valence-electron chi connectivity index (χ4n) is 2.63. The Morgan fingerprint density at radius 3 is 2.64 bits per heavy atom. The van der Waals surface area contributed by atoms with E-state index in [1.54, 1.807) is 30.5 Å². The topological polar surface area (TPSA) is 43.4 Å². The van der Waals surface area contributed by atoms with Gasteiger partial charge in [-0.1, -0.05) is 35.9 Å². The molecule has 28 heavy (non-hydrogen) atoms. The largest absolute Gasteiger partial charge is 0.488 e. The molecule has 0 bridgehead atoms. The number of hydrogen-bond acceptors (Lipinski definition) is 4. The maximum absolute atomic E-state index is 13.8. The van der Waals surface area contributed by atoms with Crippen molar-refractivity contribution in [1.29, 1.82) is 0 Å². The first-order valence-corrected chi connectivity index (χ1v) is 9.49. The van der Waals surface area contributed by atoms with Crippen molar-refractivity contribution >= 4 is 11.6 Å². The number of benzene rings is 2. The molecule has 0 saturated heterocycles. The number of nitrogens with one attached hydrogen (secondary N) is 1. The second-order valence-corrected chi connectivity index (χ2v) is 6.62. The lowest BCUT2D eigenvalue weighted by molar-refractivity contribution is 0.292. The summed E-state index contributed by atoms with van der Waals surface area (Å²) in [7, 11) is 0. The maximum atomic E-state index is 13.8. The highest BCUT2D eigenvalue weighted by molar-refractivity contribution is 6.30. The summed E-state index contributed by atoms with van der Waals surface area (Å²) in [5.74, 6) is 1.04. The highest BCUT2D eigenvalue weighted by Gasteiger charge is 2.07. The molecule has 0 aliphatic rings. The smallest absolute Gasteiger partial charge is 0.213 e. The van der Waals surface area contributed by atoms with Gasteiger partial charge in [0.05, 0.1) is 6.61 Å². The van der Waals surface area contributed by atoms with Gasteiger partial charge in [0, 0.05) is 35.0 Å². The molecule has 2 aromatic carbocycles. The molecule has 0 spiro atoms. The molecule has 0 atom stereocenters. The monoisotopic (exact) mass is 400 g/mol. The van der Waals surface area contributed by atoms with Crippen LogP contribution >= 0.6 is 11.6 Å². The van der Waals surface area contributed by atoms with Crippen molar-refractivity contribution < 1.29 is 13.9 Å². The third-order valence-electron chi connectivity index (χ3n) is 4.06. The molecule has 0 amide bonds. The Labute approximate surface area is 169 Å². The van der Waals surface area contributed by atoms with Gasteiger partial charge in [0.2, 0.25) is 5.88 Å². The van der Waals surface area contributed by atoms with Gasteiger partial charge in [-0.05, 0) is 43.3 Å². The molecule has 1 heterocycles. The van der Waals surface area contributed by atoms with Crippen molar-refractivity contribution in [2.45, 2.75) is 19.6 Å². The first-order valence-electron chi connectivity index (χ1n) is 9.11. The van der Waals surface area contributed by atoms with E-state index < -0.39 is 0 Å². The maximum Gasteiger partial charge on any atom is 0.213 e. The van der Waals surface area contributed by atoms with Crippen molar-refractivity contribution in [2.75, 3.05) is 13.2 Å². The zero-order chi connectivity index (χ0) is 19.6. The van der Waals surface area contributed by atoms with E-state index in [1.165, 1.54) is 6.07 Å². The molecule has 3 rings (SSSR count). The van der Waals surface area contributed by atoms with Crippen molar-refractivity contribution in [3.8, 4) is 11.6 Å². The Bertz CT molecular complexity index is 877. The van der Waals surface area contributed by atoms with Crippen molar-refractivity contribution in [3.63, 3.8) is 0 Å². The van der Waals surface area contributed by atoms with Crippen LogP contribution in [-0.4, -0.2) is 18.1 Å². The van der Waals surface area contributed by atoms with Crippen molar-refractivity contribution in [2.24, 2.45) is 0 Å². The third-order valence-corrected chi connectivity index (χ3v) is 4.30. The summed E-state index contributed by atoms with van der Waals surface area (Å²) < 4.78 is 25.2. The Morgan fingerprint density at radius 2 is 1.82 bits per heavy atom. The average Bonchev–Trinajstić information content (AvgIpc) is 2.72. The van der Waals surface area contributed by atoms with E-state index in [4.69, 9.17) is 21.1 Å². The van der Waals surface area contributed by atoms with Crippen LogP contribution in [0.1, 0.15) is 17.5 Å². The summed E-state index contributed by atoms with van der Waals surface area (Å²) >= 11 is 6.12. The molecule has 1 aromatic heterocycles. The molecule has 0 fully saturated rings. The van der Waals surface area contributed by atoms with E-state index in [2.05, 4.69) is 10.3 Å². The molecule has 3 aromatic rings. The number of rotatable bonds is 10. The second-order valence-electron chi connectivity index (χ2n) is 6.18. The Hall–Kier alpha value is -2.63. The van der Waals surface area contributed by atoms with Gasteiger partial charge in [0.25, 0.3) is 0 Å². The summed E-state index contributed by atoms with van der Waals surface area (Å²) in [6, 6.07) is 17.6. The van der Waals surface area contributed by atoms with Crippen LogP contribution in [0.2, 0.25) is 5.02 Å². The molecule has 0 aliphatic heterocycles. The van der Waals surface area contributed by atoms with Crippen molar-refractivity contribution in [3.05, 3.63) is 88.8 Å². The zero-order valence-electron chi connectivity index (χ0n) is 15.4. The Kier molecular flexibility index (Phi) is 7.64. The highest BCUT2D eigenvalue weighted by atomic mass is 35.5. The van der Waals surface area contributed by atoms with E-state index in [-0.39, 0.29) is 12.4 Å². The molecule has 0 unspecified atom stereocenters. The number of nitrogens with zero attached hydrogens (tertiary/aromatic N) is 1. The minimum Gasteiger partial charge on any atom is -0.488 e. The van der Waals surface area contributed by atoms with Crippen LogP contribution < -0.4 is 14.8 Å². The van der Waals surface area contributed by atoms with Crippen LogP contribution in [-0.2, 0) is 13.2 Å². The summed E-state index contributed by atoms with van der Waals surface area (Å²) in [4.78, 5) is 4.12. The van der Waals surface area contributed by atoms with Crippen LogP contribution in [0.15, 0.2) is 66.9 Å². The van der Waals surface area contributed by atoms with Crippen LogP contribution in [0.3, 0.4) is 0 Å². The molecule has 0 saturated carbocycles. The number of hydrogen-bond donors (Lipinski definition) is 1. The quantitative estimate of drug-likeness (QED) is 0.486. The average molecular weight is 401 g/mol. The van der Waals surface area contributed by atoms with Crippen LogP contribution in [0.5, 0.6) is 11.6 Å². The lowest BCUT2D eigenvalue weighted by Gasteiger charge is -2.13. The predicted molar refractivity (Wildman–Crippen MR) is 108 cm³/mol. The second kappa shape index (κ2) is 10.6. The molecule has 1 N–H and O–H groups in total. The first-order chi connectivity index (χ1) is 13.7. The van der Waals surface area contributed by atoms with E-state index in [1.807, 2.05) is 30.3 Å². The van der Waals surface area contributed by atoms with Gasteiger partial charge in [-0.15, -0.1) is 0 Å². The minimum absolute atomic E-state index is 0.166. The normalized spacial score (nSPS) is 10.6. The molecule has 4 nitrogen and oxygen atoms in total. The molecule has 6 heteroatoms. The Balaban J connectivity index is 1.46. The minimum atomic E-state index is -0.274. The number of pyridine rings is 1. The lowest BCUT2D eigenvalue weighted by atomic mass is 10.2. The number of halogens is 2. The standard InChI is InChI=1S/C22H22ClFN2O2/c23-19-9-10-21(28-16-17-6-1-2-7-20(17)24)18(14-19)15-25-11-5-13-27-22-8-3-4-12-26-22/h1-4,6-10,12,14,25H,5,11,13,15-16H2. The van der Waals surface area contributed by atoms with Gasteiger partial charge >= 0.3 is 0 Å².